The Kier molecular flexibility index (Phi) is 6.14. The zero-order chi connectivity index (χ0) is 21.0. The van der Waals surface area contributed by atoms with E-state index in [4.69, 9.17) is 11.6 Å². The number of carbonyl (C=O) groups excluding carboxylic acids is 2. The van der Waals surface area contributed by atoms with Gasteiger partial charge in [0.2, 0.25) is 0 Å². The average molecular weight is 421 g/mol. The molecular weight excluding hydrogens is 405 g/mol. The third kappa shape index (κ3) is 5.30. The number of halogens is 4. The Morgan fingerprint density at radius 2 is 1.41 bits per heavy atom. The molecule has 0 unspecified atom stereocenters. The summed E-state index contributed by atoms with van der Waals surface area (Å²) in [5, 5.41) is 0.545. The van der Waals surface area contributed by atoms with Crippen molar-refractivity contribution in [1.29, 1.82) is 0 Å². The minimum atomic E-state index is -4.41. The van der Waals surface area contributed by atoms with Crippen molar-refractivity contribution in [2.45, 2.75) is 6.18 Å². The van der Waals surface area contributed by atoms with Crippen LogP contribution in [-0.2, 0) is 11.0 Å². The molecule has 0 atom stereocenters. The minimum Gasteiger partial charge on any atom is -0.335 e. The Hall–Kier alpha value is -2.98. The van der Waals surface area contributed by atoms with Crippen LogP contribution in [0.2, 0.25) is 5.02 Å². The number of hydrogen-bond donors (Lipinski definition) is 0. The zero-order valence-corrected chi connectivity index (χ0v) is 15.9. The lowest BCUT2D eigenvalue weighted by atomic mass is 10.1. The highest BCUT2D eigenvalue weighted by Gasteiger charge is 2.30. The van der Waals surface area contributed by atoms with Gasteiger partial charge in [0, 0.05) is 48.2 Å². The largest absolute Gasteiger partial charge is 0.416 e. The van der Waals surface area contributed by atoms with E-state index in [9.17, 15) is 22.8 Å². The zero-order valence-electron chi connectivity index (χ0n) is 15.2. The van der Waals surface area contributed by atoms with E-state index in [0.29, 0.717) is 42.3 Å². The topological polar surface area (TPSA) is 40.6 Å². The number of carbonyl (C=O) groups is 2. The molecule has 0 saturated carbocycles. The van der Waals surface area contributed by atoms with Gasteiger partial charge in [-0.25, -0.2) is 0 Å². The highest BCUT2D eigenvalue weighted by atomic mass is 35.5. The van der Waals surface area contributed by atoms with Gasteiger partial charge in [0.1, 0.15) is 0 Å². The van der Waals surface area contributed by atoms with E-state index in [2.05, 4.69) is 11.8 Å². The molecule has 0 N–H and O–H groups in total. The maximum Gasteiger partial charge on any atom is 0.416 e. The van der Waals surface area contributed by atoms with Gasteiger partial charge in [-0.2, -0.15) is 13.2 Å². The van der Waals surface area contributed by atoms with Gasteiger partial charge in [-0.15, -0.1) is 0 Å². The molecule has 2 aromatic rings. The molecule has 1 aliphatic rings. The minimum absolute atomic E-state index is 0.135. The van der Waals surface area contributed by atoms with Gasteiger partial charge in [0.05, 0.1) is 5.56 Å². The van der Waals surface area contributed by atoms with Crippen LogP contribution in [0.4, 0.5) is 13.2 Å². The van der Waals surface area contributed by atoms with Crippen molar-refractivity contribution in [2.75, 3.05) is 26.2 Å². The molecule has 1 fully saturated rings. The molecule has 0 aliphatic carbocycles. The molecule has 1 saturated heterocycles. The molecule has 4 nitrogen and oxygen atoms in total. The number of piperazine rings is 1. The highest BCUT2D eigenvalue weighted by molar-refractivity contribution is 6.30. The van der Waals surface area contributed by atoms with Gasteiger partial charge < -0.3 is 9.80 Å². The summed E-state index contributed by atoms with van der Waals surface area (Å²) in [6.45, 7) is 1.41. The molecular formula is C21H16ClF3N2O2. The number of hydrogen-bond acceptors (Lipinski definition) is 2. The first-order valence-corrected chi connectivity index (χ1v) is 9.15. The predicted molar refractivity (Wildman–Crippen MR) is 102 cm³/mol. The second-order valence-electron chi connectivity index (χ2n) is 6.42. The Bertz CT molecular complexity index is 953. The molecule has 29 heavy (non-hydrogen) atoms. The summed E-state index contributed by atoms with van der Waals surface area (Å²) < 4.78 is 37.7. The SMILES string of the molecule is O=C(C#Cc1ccc(C(F)(F)F)cc1)N1CCN(C(=O)c2ccc(Cl)cc2)CC1. The van der Waals surface area contributed by atoms with Gasteiger partial charge in [-0.05, 0) is 48.5 Å². The Morgan fingerprint density at radius 3 is 1.97 bits per heavy atom. The predicted octanol–water partition coefficient (Wildman–Crippen LogP) is 3.69. The molecule has 0 spiro atoms. The summed E-state index contributed by atoms with van der Waals surface area (Å²) in [6.07, 6.45) is -4.41. The van der Waals surface area contributed by atoms with Crippen LogP contribution in [0, 0.1) is 11.8 Å². The van der Waals surface area contributed by atoms with Crippen molar-refractivity contribution < 1.29 is 22.8 Å². The second-order valence-corrected chi connectivity index (χ2v) is 6.85. The highest BCUT2D eigenvalue weighted by Crippen LogP contribution is 2.28. The fourth-order valence-electron chi connectivity index (χ4n) is 2.83. The van der Waals surface area contributed by atoms with Crippen LogP contribution in [0.15, 0.2) is 48.5 Å². The van der Waals surface area contributed by atoms with E-state index in [0.717, 1.165) is 12.1 Å². The molecule has 1 aliphatic heterocycles. The van der Waals surface area contributed by atoms with Crippen LogP contribution in [0.1, 0.15) is 21.5 Å². The lowest BCUT2D eigenvalue weighted by molar-refractivity contribution is -0.137. The van der Waals surface area contributed by atoms with E-state index in [1.165, 1.54) is 17.0 Å². The standard InChI is InChI=1S/C21H16ClF3N2O2/c22-18-8-4-16(5-9-18)20(29)27-13-11-26(12-14-27)19(28)10-3-15-1-6-17(7-2-15)21(23,24)25/h1-2,4-9H,11-14H2. The molecule has 0 bridgehead atoms. The summed E-state index contributed by atoms with van der Waals surface area (Å²) in [4.78, 5) is 27.9. The van der Waals surface area contributed by atoms with Crippen molar-refractivity contribution >= 4 is 23.4 Å². The normalized spacial score (nSPS) is 14.2. The lowest BCUT2D eigenvalue weighted by Crippen LogP contribution is -2.50. The Morgan fingerprint density at radius 1 is 0.862 bits per heavy atom. The maximum absolute atomic E-state index is 12.6. The number of alkyl halides is 3. The molecule has 0 aromatic heterocycles. The summed E-state index contributed by atoms with van der Waals surface area (Å²) >= 11 is 5.83. The molecule has 0 radical (unpaired) electrons. The monoisotopic (exact) mass is 420 g/mol. The first-order chi connectivity index (χ1) is 13.7. The fourth-order valence-corrected chi connectivity index (χ4v) is 2.96. The van der Waals surface area contributed by atoms with Crippen LogP contribution >= 0.6 is 11.6 Å². The summed E-state index contributed by atoms with van der Waals surface area (Å²) in [7, 11) is 0. The van der Waals surface area contributed by atoms with Crippen molar-refractivity contribution in [3.63, 3.8) is 0 Å². The summed E-state index contributed by atoms with van der Waals surface area (Å²) in [5.41, 5.74) is 0.0787. The van der Waals surface area contributed by atoms with Gasteiger partial charge in [-0.3, -0.25) is 9.59 Å². The van der Waals surface area contributed by atoms with E-state index in [1.54, 1.807) is 29.2 Å². The van der Waals surface area contributed by atoms with Crippen LogP contribution in [0.25, 0.3) is 0 Å². The van der Waals surface area contributed by atoms with Crippen molar-refractivity contribution in [3.05, 3.63) is 70.2 Å². The third-order valence-corrected chi connectivity index (χ3v) is 4.72. The van der Waals surface area contributed by atoms with Crippen LogP contribution in [0.5, 0.6) is 0 Å². The van der Waals surface area contributed by atoms with Gasteiger partial charge in [-0.1, -0.05) is 17.5 Å². The maximum atomic E-state index is 12.6. The molecule has 1 heterocycles. The van der Waals surface area contributed by atoms with E-state index in [1.807, 2.05) is 0 Å². The third-order valence-electron chi connectivity index (χ3n) is 4.47. The second kappa shape index (κ2) is 8.58. The lowest BCUT2D eigenvalue weighted by Gasteiger charge is -2.33. The summed E-state index contributed by atoms with van der Waals surface area (Å²) in [5.74, 6) is 4.47. The molecule has 2 aromatic carbocycles. The number of nitrogens with zero attached hydrogens (tertiary/aromatic N) is 2. The van der Waals surface area contributed by atoms with Gasteiger partial charge in [0.15, 0.2) is 0 Å². The van der Waals surface area contributed by atoms with Crippen molar-refractivity contribution in [3.8, 4) is 11.8 Å². The first kappa shape index (κ1) is 20.7. The Labute approximate surface area is 170 Å². The Balaban J connectivity index is 1.56. The van der Waals surface area contributed by atoms with Crippen LogP contribution in [0.3, 0.4) is 0 Å². The molecule has 3 rings (SSSR count). The quantitative estimate of drug-likeness (QED) is 0.660. The van der Waals surface area contributed by atoms with Crippen LogP contribution in [-0.4, -0.2) is 47.8 Å². The fraction of sp³-hybridized carbons (Fsp3) is 0.238. The average Bonchev–Trinajstić information content (AvgIpc) is 2.72. The van der Waals surface area contributed by atoms with Gasteiger partial charge in [0.25, 0.3) is 11.8 Å². The van der Waals surface area contributed by atoms with Crippen LogP contribution < -0.4 is 0 Å². The number of amides is 2. The molecule has 150 valence electrons. The van der Waals surface area contributed by atoms with Crippen molar-refractivity contribution in [1.82, 2.24) is 9.80 Å². The smallest absolute Gasteiger partial charge is 0.335 e. The van der Waals surface area contributed by atoms with Gasteiger partial charge >= 0.3 is 6.18 Å². The van der Waals surface area contributed by atoms with Crippen molar-refractivity contribution in [2.24, 2.45) is 0 Å². The number of benzene rings is 2. The van der Waals surface area contributed by atoms with E-state index >= 15 is 0 Å². The first-order valence-electron chi connectivity index (χ1n) is 8.77. The summed E-state index contributed by atoms with van der Waals surface area (Å²) in [6, 6.07) is 10.9. The van der Waals surface area contributed by atoms with E-state index < -0.39 is 17.6 Å². The number of rotatable bonds is 1. The molecule has 8 heteroatoms. The molecule has 2 amide bonds. The van der Waals surface area contributed by atoms with E-state index in [-0.39, 0.29) is 5.91 Å².